The van der Waals surface area contributed by atoms with Crippen LogP contribution in [0.4, 0.5) is 17.3 Å². The van der Waals surface area contributed by atoms with Crippen LogP contribution in [0.2, 0.25) is 0 Å². The summed E-state index contributed by atoms with van der Waals surface area (Å²) in [6.07, 6.45) is 3.15. The van der Waals surface area contributed by atoms with Gasteiger partial charge in [0.15, 0.2) is 5.82 Å². The van der Waals surface area contributed by atoms with Crippen LogP contribution in [0.5, 0.6) is 0 Å². The highest BCUT2D eigenvalue weighted by Crippen LogP contribution is 2.15. The molecular formula is C11H12N4. The summed E-state index contributed by atoms with van der Waals surface area (Å²) in [6.45, 7) is 2.04. The number of rotatable bonds is 2. The third kappa shape index (κ3) is 2.43. The average molecular weight is 200 g/mol. The quantitative estimate of drug-likeness (QED) is 0.779. The third-order valence-electron chi connectivity index (χ3n) is 1.94. The second kappa shape index (κ2) is 3.96. The first-order valence-corrected chi connectivity index (χ1v) is 4.65. The van der Waals surface area contributed by atoms with Crippen LogP contribution in [0.25, 0.3) is 0 Å². The standard InChI is InChI=1S/C11H12N4/c1-8-3-2-4-9(5-8)14-11-7-13-6-10(12)15-11/h2-7H,1H3,(H3,12,14,15). The number of nitrogens with zero attached hydrogens (tertiary/aromatic N) is 2. The van der Waals surface area contributed by atoms with Crippen molar-refractivity contribution >= 4 is 17.3 Å². The van der Waals surface area contributed by atoms with E-state index in [0.29, 0.717) is 11.6 Å². The minimum atomic E-state index is 0.410. The lowest BCUT2D eigenvalue weighted by molar-refractivity contribution is 1.21. The van der Waals surface area contributed by atoms with E-state index in [4.69, 9.17) is 5.73 Å². The van der Waals surface area contributed by atoms with Gasteiger partial charge in [-0.15, -0.1) is 0 Å². The van der Waals surface area contributed by atoms with E-state index in [-0.39, 0.29) is 0 Å². The van der Waals surface area contributed by atoms with Crippen LogP contribution in [0.3, 0.4) is 0 Å². The maximum Gasteiger partial charge on any atom is 0.151 e. The van der Waals surface area contributed by atoms with Gasteiger partial charge in [-0.3, -0.25) is 4.98 Å². The fraction of sp³-hybridized carbons (Fsp3) is 0.0909. The number of aryl methyl sites for hydroxylation is 1. The first-order valence-electron chi connectivity index (χ1n) is 4.65. The van der Waals surface area contributed by atoms with E-state index in [1.54, 1.807) is 6.20 Å². The normalized spacial score (nSPS) is 9.93. The molecule has 2 aromatic rings. The van der Waals surface area contributed by atoms with Gasteiger partial charge in [0.1, 0.15) is 5.82 Å². The van der Waals surface area contributed by atoms with Crippen LogP contribution in [-0.4, -0.2) is 9.97 Å². The van der Waals surface area contributed by atoms with Gasteiger partial charge in [-0.2, -0.15) is 0 Å². The number of nitrogens with one attached hydrogen (secondary N) is 1. The van der Waals surface area contributed by atoms with Crippen molar-refractivity contribution < 1.29 is 0 Å². The Kier molecular flexibility index (Phi) is 2.49. The predicted molar refractivity (Wildman–Crippen MR) is 60.9 cm³/mol. The summed E-state index contributed by atoms with van der Waals surface area (Å²) in [5.74, 6) is 1.06. The summed E-state index contributed by atoms with van der Waals surface area (Å²) in [4.78, 5) is 8.06. The van der Waals surface area contributed by atoms with Gasteiger partial charge < -0.3 is 11.1 Å². The zero-order valence-corrected chi connectivity index (χ0v) is 8.44. The monoisotopic (exact) mass is 200 g/mol. The Hall–Kier alpha value is -2.10. The number of anilines is 3. The fourth-order valence-corrected chi connectivity index (χ4v) is 1.31. The van der Waals surface area contributed by atoms with Crippen LogP contribution in [-0.2, 0) is 0 Å². The molecule has 1 heterocycles. The van der Waals surface area contributed by atoms with Gasteiger partial charge >= 0.3 is 0 Å². The number of hydrogen-bond acceptors (Lipinski definition) is 4. The fourth-order valence-electron chi connectivity index (χ4n) is 1.31. The molecule has 0 unspecified atom stereocenters. The number of benzene rings is 1. The van der Waals surface area contributed by atoms with Crippen LogP contribution in [0, 0.1) is 6.92 Å². The van der Waals surface area contributed by atoms with E-state index in [0.717, 1.165) is 5.69 Å². The second-order valence-corrected chi connectivity index (χ2v) is 3.32. The molecule has 76 valence electrons. The number of nitrogen functional groups attached to an aromatic ring is 1. The molecule has 0 aliphatic rings. The predicted octanol–water partition coefficient (Wildman–Crippen LogP) is 2.11. The van der Waals surface area contributed by atoms with Crippen molar-refractivity contribution in [3.8, 4) is 0 Å². The summed E-state index contributed by atoms with van der Waals surface area (Å²) in [6, 6.07) is 8.02. The number of hydrogen-bond donors (Lipinski definition) is 2. The Balaban J connectivity index is 2.22. The number of aromatic nitrogens is 2. The molecule has 0 saturated heterocycles. The molecule has 2 rings (SSSR count). The maximum absolute atomic E-state index is 5.53. The zero-order chi connectivity index (χ0) is 10.7. The van der Waals surface area contributed by atoms with Crippen molar-refractivity contribution in [2.24, 2.45) is 0 Å². The molecular weight excluding hydrogens is 188 g/mol. The maximum atomic E-state index is 5.53. The topological polar surface area (TPSA) is 63.8 Å². The van der Waals surface area contributed by atoms with Gasteiger partial charge in [0, 0.05) is 5.69 Å². The minimum absolute atomic E-state index is 0.410. The first kappa shape index (κ1) is 9.45. The highest BCUT2D eigenvalue weighted by molar-refractivity contribution is 5.57. The van der Waals surface area contributed by atoms with Gasteiger partial charge in [0.25, 0.3) is 0 Å². The minimum Gasteiger partial charge on any atom is -0.382 e. The van der Waals surface area contributed by atoms with Crippen LogP contribution in [0.15, 0.2) is 36.7 Å². The second-order valence-electron chi connectivity index (χ2n) is 3.32. The molecule has 0 saturated carbocycles. The Labute approximate surface area is 88.2 Å². The van der Waals surface area contributed by atoms with Gasteiger partial charge in [-0.1, -0.05) is 12.1 Å². The molecule has 3 N–H and O–H groups in total. The van der Waals surface area contributed by atoms with Crippen molar-refractivity contribution in [2.75, 3.05) is 11.1 Å². The number of nitrogens with two attached hydrogens (primary N) is 1. The summed E-state index contributed by atoms with van der Waals surface area (Å²) in [7, 11) is 0. The molecule has 0 aliphatic heterocycles. The van der Waals surface area contributed by atoms with E-state index < -0.39 is 0 Å². The molecule has 4 nitrogen and oxygen atoms in total. The zero-order valence-electron chi connectivity index (χ0n) is 8.44. The SMILES string of the molecule is Cc1cccc(Nc2cncc(N)n2)c1. The highest BCUT2D eigenvalue weighted by Gasteiger charge is 1.96. The Bertz CT molecular complexity index is 424. The smallest absolute Gasteiger partial charge is 0.151 e. The van der Waals surface area contributed by atoms with Crippen molar-refractivity contribution in [2.45, 2.75) is 6.92 Å². The molecule has 4 heteroatoms. The van der Waals surface area contributed by atoms with Gasteiger partial charge in [-0.05, 0) is 24.6 Å². The molecule has 1 aromatic heterocycles. The van der Waals surface area contributed by atoms with Crippen LogP contribution in [0.1, 0.15) is 5.56 Å². The van der Waals surface area contributed by atoms with Gasteiger partial charge in [0.2, 0.25) is 0 Å². The van der Waals surface area contributed by atoms with Gasteiger partial charge in [0.05, 0.1) is 12.4 Å². The van der Waals surface area contributed by atoms with Crippen molar-refractivity contribution in [3.63, 3.8) is 0 Å². The molecule has 0 spiro atoms. The molecule has 1 aromatic carbocycles. The molecule has 0 bridgehead atoms. The lowest BCUT2D eigenvalue weighted by Crippen LogP contribution is -1.98. The van der Waals surface area contributed by atoms with E-state index in [1.807, 2.05) is 31.2 Å². The lowest BCUT2D eigenvalue weighted by Gasteiger charge is -2.05. The summed E-state index contributed by atoms with van der Waals surface area (Å²) in [5.41, 5.74) is 7.70. The summed E-state index contributed by atoms with van der Waals surface area (Å²) in [5, 5.41) is 3.13. The summed E-state index contributed by atoms with van der Waals surface area (Å²) >= 11 is 0. The molecule has 0 radical (unpaired) electrons. The molecule has 0 amide bonds. The van der Waals surface area contributed by atoms with E-state index in [2.05, 4.69) is 15.3 Å². The Morgan fingerprint density at radius 2 is 2.13 bits per heavy atom. The van der Waals surface area contributed by atoms with Crippen molar-refractivity contribution in [1.82, 2.24) is 9.97 Å². The molecule has 0 aliphatic carbocycles. The van der Waals surface area contributed by atoms with Gasteiger partial charge in [-0.25, -0.2) is 4.98 Å². The van der Waals surface area contributed by atoms with E-state index in [9.17, 15) is 0 Å². The van der Waals surface area contributed by atoms with Crippen molar-refractivity contribution in [3.05, 3.63) is 42.2 Å². The van der Waals surface area contributed by atoms with E-state index >= 15 is 0 Å². The highest BCUT2D eigenvalue weighted by atomic mass is 15.0. The lowest BCUT2D eigenvalue weighted by atomic mass is 10.2. The molecule has 0 atom stereocenters. The van der Waals surface area contributed by atoms with E-state index in [1.165, 1.54) is 11.8 Å². The van der Waals surface area contributed by atoms with Crippen molar-refractivity contribution in [1.29, 1.82) is 0 Å². The third-order valence-corrected chi connectivity index (χ3v) is 1.94. The molecule has 0 fully saturated rings. The summed E-state index contributed by atoms with van der Waals surface area (Å²) < 4.78 is 0. The first-order chi connectivity index (χ1) is 7.24. The van der Waals surface area contributed by atoms with Crippen LogP contribution < -0.4 is 11.1 Å². The Morgan fingerprint density at radius 3 is 2.87 bits per heavy atom. The van der Waals surface area contributed by atoms with Crippen LogP contribution >= 0.6 is 0 Å². The Morgan fingerprint density at radius 1 is 1.27 bits per heavy atom. The average Bonchev–Trinajstić information content (AvgIpc) is 2.17. The molecule has 15 heavy (non-hydrogen) atoms. The largest absolute Gasteiger partial charge is 0.382 e.